The lowest BCUT2D eigenvalue weighted by molar-refractivity contribution is 0.101. The molecule has 0 aliphatic heterocycles. The van der Waals surface area contributed by atoms with Crippen LogP contribution >= 0.6 is 0 Å². The Morgan fingerprint density at radius 2 is 1.21 bits per heavy atom. The number of para-hydroxylation sites is 1. The first-order valence-corrected chi connectivity index (χ1v) is 9.48. The summed E-state index contributed by atoms with van der Waals surface area (Å²) in [4.78, 5) is 25.1. The second kappa shape index (κ2) is 9.06. The van der Waals surface area contributed by atoms with Gasteiger partial charge in [0.1, 0.15) is 5.75 Å². The quantitative estimate of drug-likeness (QED) is 0.603. The predicted molar refractivity (Wildman–Crippen MR) is 116 cm³/mol. The van der Waals surface area contributed by atoms with Gasteiger partial charge in [-0.15, -0.1) is 0 Å². The lowest BCUT2D eigenvalue weighted by atomic mass is 10.1. The van der Waals surface area contributed by atoms with Gasteiger partial charge < -0.3 is 15.4 Å². The van der Waals surface area contributed by atoms with E-state index in [9.17, 15) is 9.59 Å². The van der Waals surface area contributed by atoms with Crippen LogP contribution in [0.1, 0.15) is 40.1 Å². The number of aryl methyl sites for hydroxylation is 1. The average Bonchev–Trinajstić information content (AvgIpc) is 2.69. The highest BCUT2D eigenvalue weighted by Gasteiger charge is 2.14. The van der Waals surface area contributed by atoms with Gasteiger partial charge in [0, 0.05) is 16.9 Å². The molecule has 0 spiro atoms. The fourth-order valence-electron chi connectivity index (χ4n) is 2.87. The molecule has 0 bridgehead atoms. The third-order valence-electron chi connectivity index (χ3n) is 4.28. The average molecular weight is 388 g/mol. The molecule has 2 N–H and O–H groups in total. The standard InChI is InChI=1S/C24H24N2O3/c1-16(2)29-22-11-7-6-10-21(22)24(28)26-19-14-12-18(13-15-19)25-23(27)20-9-5-4-8-17(20)3/h4-16H,1-3H3,(H,25,27)(H,26,28). The number of anilines is 2. The molecule has 5 heteroatoms. The van der Waals surface area contributed by atoms with Gasteiger partial charge in [0.2, 0.25) is 0 Å². The molecule has 5 nitrogen and oxygen atoms in total. The minimum absolute atomic E-state index is 0.0277. The van der Waals surface area contributed by atoms with Crippen molar-refractivity contribution in [1.29, 1.82) is 0 Å². The summed E-state index contributed by atoms with van der Waals surface area (Å²) in [5.74, 6) is 0.125. The number of hydrogen-bond acceptors (Lipinski definition) is 3. The van der Waals surface area contributed by atoms with E-state index in [1.807, 2.05) is 45.0 Å². The highest BCUT2D eigenvalue weighted by Crippen LogP contribution is 2.22. The summed E-state index contributed by atoms with van der Waals surface area (Å²) in [6.07, 6.45) is -0.0277. The molecule has 0 aliphatic carbocycles. The minimum Gasteiger partial charge on any atom is -0.490 e. The van der Waals surface area contributed by atoms with Crippen molar-refractivity contribution < 1.29 is 14.3 Å². The van der Waals surface area contributed by atoms with Crippen molar-refractivity contribution in [2.24, 2.45) is 0 Å². The molecule has 0 aromatic heterocycles. The Morgan fingerprint density at radius 1 is 0.724 bits per heavy atom. The zero-order valence-electron chi connectivity index (χ0n) is 16.7. The van der Waals surface area contributed by atoms with Crippen molar-refractivity contribution in [3.63, 3.8) is 0 Å². The van der Waals surface area contributed by atoms with E-state index in [1.54, 1.807) is 48.5 Å². The molecular formula is C24H24N2O3. The number of benzene rings is 3. The van der Waals surface area contributed by atoms with E-state index in [4.69, 9.17) is 4.74 Å². The van der Waals surface area contributed by atoms with Gasteiger partial charge >= 0.3 is 0 Å². The Bertz CT molecular complexity index is 1010. The Morgan fingerprint density at radius 3 is 1.76 bits per heavy atom. The van der Waals surface area contributed by atoms with Crippen LogP contribution in [-0.4, -0.2) is 17.9 Å². The fraction of sp³-hybridized carbons (Fsp3) is 0.167. The molecule has 0 unspecified atom stereocenters. The lowest BCUT2D eigenvalue weighted by Gasteiger charge is -2.14. The Hall–Kier alpha value is -3.60. The van der Waals surface area contributed by atoms with Crippen molar-refractivity contribution in [3.8, 4) is 5.75 Å². The Balaban J connectivity index is 1.67. The molecular weight excluding hydrogens is 364 g/mol. The molecule has 3 aromatic carbocycles. The molecule has 0 aliphatic rings. The zero-order valence-corrected chi connectivity index (χ0v) is 16.7. The van der Waals surface area contributed by atoms with Crippen molar-refractivity contribution in [3.05, 3.63) is 89.5 Å². The summed E-state index contributed by atoms with van der Waals surface area (Å²) in [5.41, 5.74) is 3.30. The summed E-state index contributed by atoms with van der Waals surface area (Å²) < 4.78 is 5.71. The molecule has 2 amide bonds. The van der Waals surface area contributed by atoms with E-state index >= 15 is 0 Å². The molecule has 29 heavy (non-hydrogen) atoms. The van der Waals surface area contributed by atoms with Crippen molar-refractivity contribution >= 4 is 23.2 Å². The van der Waals surface area contributed by atoms with Gasteiger partial charge in [0.25, 0.3) is 11.8 Å². The van der Waals surface area contributed by atoms with Gasteiger partial charge in [-0.2, -0.15) is 0 Å². The van der Waals surface area contributed by atoms with Gasteiger partial charge in [-0.1, -0.05) is 30.3 Å². The van der Waals surface area contributed by atoms with Crippen LogP contribution in [0.4, 0.5) is 11.4 Å². The maximum absolute atomic E-state index is 12.6. The molecule has 0 atom stereocenters. The van der Waals surface area contributed by atoms with Crippen LogP contribution in [0.25, 0.3) is 0 Å². The summed E-state index contributed by atoms with van der Waals surface area (Å²) in [6, 6.07) is 21.6. The fourth-order valence-corrected chi connectivity index (χ4v) is 2.87. The number of amides is 2. The molecule has 0 saturated heterocycles. The highest BCUT2D eigenvalue weighted by atomic mass is 16.5. The minimum atomic E-state index is -0.252. The number of carbonyl (C=O) groups excluding carboxylic acids is 2. The van der Waals surface area contributed by atoms with Crippen LogP contribution in [0.2, 0.25) is 0 Å². The van der Waals surface area contributed by atoms with Crippen LogP contribution in [-0.2, 0) is 0 Å². The van der Waals surface area contributed by atoms with Crippen LogP contribution in [0, 0.1) is 6.92 Å². The normalized spacial score (nSPS) is 10.5. The SMILES string of the molecule is Cc1ccccc1C(=O)Nc1ccc(NC(=O)c2ccccc2OC(C)C)cc1. The number of rotatable bonds is 6. The van der Waals surface area contributed by atoms with E-state index in [0.29, 0.717) is 28.3 Å². The third kappa shape index (κ3) is 5.23. The third-order valence-corrected chi connectivity index (χ3v) is 4.28. The van der Waals surface area contributed by atoms with Crippen LogP contribution in [0.15, 0.2) is 72.8 Å². The second-order valence-corrected chi connectivity index (χ2v) is 6.96. The largest absolute Gasteiger partial charge is 0.490 e. The topological polar surface area (TPSA) is 67.4 Å². The number of hydrogen-bond donors (Lipinski definition) is 2. The molecule has 0 radical (unpaired) electrons. The Kier molecular flexibility index (Phi) is 6.29. The first-order chi connectivity index (χ1) is 13.9. The van der Waals surface area contributed by atoms with E-state index in [1.165, 1.54) is 0 Å². The van der Waals surface area contributed by atoms with Crippen LogP contribution in [0.5, 0.6) is 5.75 Å². The molecule has 148 valence electrons. The van der Waals surface area contributed by atoms with Gasteiger partial charge in [-0.3, -0.25) is 9.59 Å². The second-order valence-electron chi connectivity index (χ2n) is 6.96. The predicted octanol–water partition coefficient (Wildman–Crippen LogP) is 5.29. The molecule has 0 fully saturated rings. The monoisotopic (exact) mass is 388 g/mol. The van der Waals surface area contributed by atoms with Gasteiger partial charge in [-0.25, -0.2) is 0 Å². The number of carbonyl (C=O) groups is 2. The van der Waals surface area contributed by atoms with Crippen molar-refractivity contribution in [2.45, 2.75) is 26.9 Å². The van der Waals surface area contributed by atoms with Crippen LogP contribution < -0.4 is 15.4 Å². The van der Waals surface area contributed by atoms with Crippen molar-refractivity contribution in [1.82, 2.24) is 0 Å². The molecule has 0 saturated carbocycles. The van der Waals surface area contributed by atoms with E-state index < -0.39 is 0 Å². The first-order valence-electron chi connectivity index (χ1n) is 9.48. The summed E-state index contributed by atoms with van der Waals surface area (Å²) >= 11 is 0. The number of nitrogens with one attached hydrogen (secondary N) is 2. The van der Waals surface area contributed by atoms with E-state index in [-0.39, 0.29) is 17.9 Å². The number of ether oxygens (including phenoxy) is 1. The van der Waals surface area contributed by atoms with E-state index in [2.05, 4.69) is 10.6 Å². The molecule has 3 aromatic rings. The first kappa shape index (κ1) is 20.1. The van der Waals surface area contributed by atoms with Gasteiger partial charge in [-0.05, 0) is 68.8 Å². The van der Waals surface area contributed by atoms with Crippen molar-refractivity contribution in [2.75, 3.05) is 10.6 Å². The summed E-state index contributed by atoms with van der Waals surface area (Å²) in [7, 11) is 0. The lowest BCUT2D eigenvalue weighted by Crippen LogP contribution is -2.16. The zero-order chi connectivity index (χ0) is 20.8. The van der Waals surface area contributed by atoms with E-state index in [0.717, 1.165) is 5.56 Å². The molecule has 3 rings (SSSR count). The Labute approximate surface area is 170 Å². The highest BCUT2D eigenvalue weighted by molar-refractivity contribution is 6.07. The summed E-state index contributed by atoms with van der Waals surface area (Å²) in [6.45, 7) is 5.73. The maximum Gasteiger partial charge on any atom is 0.259 e. The maximum atomic E-state index is 12.6. The summed E-state index contributed by atoms with van der Waals surface area (Å²) in [5, 5.41) is 5.73. The van der Waals surface area contributed by atoms with Gasteiger partial charge in [0.15, 0.2) is 0 Å². The molecule has 0 heterocycles. The van der Waals surface area contributed by atoms with Gasteiger partial charge in [0.05, 0.1) is 11.7 Å². The van der Waals surface area contributed by atoms with Crippen LogP contribution in [0.3, 0.4) is 0 Å². The smallest absolute Gasteiger partial charge is 0.259 e.